The second-order valence-corrected chi connectivity index (χ2v) is 5.22. The smallest absolute Gasteiger partial charge is 0.250 e. The summed E-state index contributed by atoms with van der Waals surface area (Å²) in [4.78, 5) is 11.5. The molecule has 0 aliphatic heterocycles. The number of nitrogens with two attached hydrogens (primary N) is 2. The monoisotopic (exact) mass is 303 g/mol. The summed E-state index contributed by atoms with van der Waals surface area (Å²) in [6.07, 6.45) is 1.00. The highest BCUT2D eigenvalue weighted by Gasteiger charge is 2.13. The summed E-state index contributed by atoms with van der Waals surface area (Å²) < 4.78 is 0. The Labute approximate surface area is 129 Å². The van der Waals surface area contributed by atoms with Gasteiger partial charge in [-0.2, -0.15) is 0 Å². The maximum Gasteiger partial charge on any atom is 0.250 e. The Kier molecular flexibility index (Phi) is 4.70. The molecule has 0 aliphatic rings. The molecule has 0 bridgehead atoms. The van der Waals surface area contributed by atoms with E-state index in [4.69, 9.17) is 23.1 Å². The van der Waals surface area contributed by atoms with Gasteiger partial charge in [-0.1, -0.05) is 42.8 Å². The Bertz CT molecular complexity index is 653. The minimum atomic E-state index is -0.562. The molecule has 5 N–H and O–H groups in total. The van der Waals surface area contributed by atoms with Crippen LogP contribution in [0.4, 0.5) is 11.4 Å². The number of hydrogen-bond donors (Lipinski definition) is 3. The van der Waals surface area contributed by atoms with Crippen molar-refractivity contribution < 1.29 is 4.79 Å². The largest absolute Gasteiger partial charge is 0.399 e. The average Bonchev–Trinajstić information content (AvgIpc) is 2.46. The van der Waals surface area contributed by atoms with E-state index in [1.807, 2.05) is 12.1 Å². The van der Waals surface area contributed by atoms with Gasteiger partial charge in [-0.15, -0.1) is 0 Å². The van der Waals surface area contributed by atoms with Crippen molar-refractivity contribution in [2.75, 3.05) is 11.1 Å². The number of aryl methyl sites for hydroxylation is 1. The number of carbonyl (C=O) groups is 1. The zero-order valence-electron chi connectivity index (χ0n) is 11.8. The predicted octanol–water partition coefficient (Wildman–Crippen LogP) is 3.20. The maximum absolute atomic E-state index is 11.5. The Hall–Kier alpha value is -2.20. The van der Waals surface area contributed by atoms with Crippen molar-refractivity contribution in [2.45, 2.75) is 19.9 Å². The van der Waals surface area contributed by atoms with E-state index in [2.05, 4.69) is 24.4 Å². The first-order chi connectivity index (χ1) is 10.0. The Morgan fingerprint density at radius 3 is 2.38 bits per heavy atom. The van der Waals surface area contributed by atoms with Crippen LogP contribution in [0.5, 0.6) is 0 Å². The van der Waals surface area contributed by atoms with Crippen LogP contribution in [-0.4, -0.2) is 5.91 Å². The third kappa shape index (κ3) is 3.67. The molecule has 21 heavy (non-hydrogen) atoms. The second kappa shape index (κ2) is 6.50. The molecule has 110 valence electrons. The van der Waals surface area contributed by atoms with Crippen LogP contribution >= 0.6 is 11.6 Å². The van der Waals surface area contributed by atoms with Gasteiger partial charge in [0.1, 0.15) is 0 Å². The number of hydrogen-bond acceptors (Lipinski definition) is 3. The zero-order chi connectivity index (χ0) is 15.4. The topological polar surface area (TPSA) is 81.1 Å². The third-order valence-electron chi connectivity index (χ3n) is 3.28. The number of benzene rings is 2. The summed E-state index contributed by atoms with van der Waals surface area (Å²) in [5.74, 6) is -0.562. The fraction of sp³-hybridized carbons (Fsp3) is 0.188. The van der Waals surface area contributed by atoms with Crippen molar-refractivity contribution in [3.05, 3.63) is 58.1 Å². The molecule has 1 amide bonds. The van der Waals surface area contributed by atoms with Gasteiger partial charge >= 0.3 is 0 Å². The van der Waals surface area contributed by atoms with E-state index < -0.39 is 5.91 Å². The molecule has 2 aromatic rings. The van der Waals surface area contributed by atoms with E-state index in [1.54, 1.807) is 6.07 Å². The number of amides is 1. The lowest BCUT2D eigenvalue weighted by Gasteiger charge is -2.13. The molecule has 0 spiro atoms. The number of nitrogen functional groups attached to an aromatic ring is 1. The van der Waals surface area contributed by atoms with E-state index >= 15 is 0 Å². The van der Waals surface area contributed by atoms with Crippen molar-refractivity contribution in [3.8, 4) is 0 Å². The second-order valence-electron chi connectivity index (χ2n) is 4.81. The Balaban J connectivity index is 2.20. The Morgan fingerprint density at radius 2 is 1.81 bits per heavy atom. The zero-order valence-corrected chi connectivity index (χ0v) is 12.6. The van der Waals surface area contributed by atoms with Crippen molar-refractivity contribution in [2.24, 2.45) is 5.73 Å². The van der Waals surface area contributed by atoms with E-state index in [0.29, 0.717) is 28.5 Å². The number of carbonyl (C=O) groups excluding carboxylic acids is 1. The van der Waals surface area contributed by atoms with Crippen LogP contribution in [0.25, 0.3) is 0 Å². The fourth-order valence-electron chi connectivity index (χ4n) is 2.08. The quantitative estimate of drug-likeness (QED) is 0.742. The number of primary amides is 1. The summed E-state index contributed by atoms with van der Waals surface area (Å²) in [6, 6.07) is 11.4. The van der Waals surface area contributed by atoms with Crippen molar-refractivity contribution in [3.63, 3.8) is 0 Å². The first-order valence-corrected chi connectivity index (χ1v) is 7.09. The molecule has 0 radical (unpaired) electrons. The number of nitrogens with one attached hydrogen (secondary N) is 1. The molecule has 0 atom stereocenters. The average molecular weight is 304 g/mol. The lowest BCUT2D eigenvalue weighted by atomic mass is 10.1. The van der Waals surface area contributed by atoms with Crippen LogP contribution in [0.3, 0.4) is 0 Å². The van der Waals surface area contributed by atoms with Gasteiger partial charge in [0.2, 0.25) is 0 Å². The number of halogens is 1. The van der Waals surface area contributed by atoms with Gasteiger partial charge in [0.25, 0.3) is 5.91 Å². The molecule has 4 nitrogen and oxygen atoms in total. The maximum atomic E-state index is 11.5. The molecule has 0 heterocycles. The standard InChI is InChI=1S/C16H18ClN3O/c1-2-10-3-5-11(6-4-10)9-20-15-13(16(19)21)7-12(18)8-14(15)17/h3-8,20H,2,9,18H2,1H3,(H2,19,21). The van der Waals surface area contributed by atoms with Crippen LogP contribution in [-0.2, 0) is 13.0 Å². The van der Waals surface area contributed by atoms with E-state index in [-0.39, 0.29) is 0 Å². The Morgan fingerprint density at radius 1 is 1.19 bits per heavy atom. The van der Waals surface area contributed by atoms with Crippen LogP contribution in [0.15, 0.2) is 36.4 Å². The van der Waals surface area contributed by atoms with Gasteiger partial charge in [0.05, 0.1) is 16.3 Å². The fourth-order valence-corrected chi connectivity index (χ4v) is 2.38. The summed E-state index contributed by atoms with van der Waals surface area (Å²) in [6.45, 7) is 2.66. The van der Waals surface area contributed by atoms with Crippen LogP contribution in [0, 0.1) is 0 Å². The van der Waals surface area contributed by atoms with Gasteiger partial charge in [0, 0.05) is 12.2 Å². The highest BCUT2D eigenvalue weighted by molar-refractivity contribution is 6.34. The van der Waals surface area contributed by atoms with Gasteiger partial charge in [-0.05, 0) is 29.7 Å². The molecule has 2 rings (SSSR count). The van der Waals surface area contributed by atoms with E-state index in [9.17, 15) is 4.79 Å². The van der Waals surface area contributed by atoms with Gasteiger partial charge in [-0.3, -0.25) is 4.79 Å². The van der Waals surface area contributed by atoms with Gasteiger partial charge in [0.15, 0.2) is 0 Å². The van der Waals surface area contributed by atoms with Crippen molar-refractivity contribution >= 4 is 28.9 Å². The van der Waals surface area contributed by atoms with Crippen LogP contribution < -0.4 is 16.8 Å². The number of anilines is 2. The van der Waals surface area contributed by atoms with E-state index in [1.165, 1.54) is 11.6 Å². The number of rotatable bonds is 5. The minimum Gasteiger partial charge on any atom is -0.399 e. The van der Waals surface area contributed by atoms with Gasteiger partial charge < -0.3 is 16.8 Å². The summed E-state index contributed by atoms with van der Waals surface area (Å²) in [5.41, 5.74) is 14.6. The molecule has 2 aromatic carbocycles. The summed E-state index contributed by atoms with van der Waals surface area (Å²) in [7, 11) is 0. The lowest BCUT2D eigenvalue weighted by molar-refractivity contribution is 0.100. The molecule has 0 aromatic heterocycles. The van der Waals surface area contributed by atoms with Crippen molar-refractivity contribution in [1.29, 1.82) is 0 Å². The van der Waals surface area contributed by atoms with Crippen LogP contribution in [0.2, 0.25) is 5.02 Å². The normalized spacial score (nSPS) is 10.4. The summed E-state index contributed by atoms with van der Waals surface area (Å²) in [5, 5.41) is 3.54. The first-order valence-electron chi connectivity index (χ1n) is 6.71. The summed E-state index contributed by atoms with van der Waals surface area (Å²) >= 11 is 6.14. The molecule has 5 heteroatoms. The molecule has 0 fully saturated rings. The molecular formula is C16H18ClN3O. The predicted molar refractivity (Wildman–Crippen MR) is 87.5 cm³/mol. The van der Waals surface area contributed by atoms with Crippen molar-refractivity contribution in [1.82, 2.24) is 0 Å². The molecule has 0 unspecified atom stereocenters. The molecule has 0 saturated carbocycles. The first kappa shape index (κ1) is 15.2. The molecular weight excluding hydrogens is 286 g/mol. The van der Waals surface area contributed by atoms with Crippen LogP contribution in [0.1, 0.15) is 28.4 Å². The molecule has 0 aliphatic carbocycles. The minimum absolute atomic E-state index is 0.296. The van der Waals surface area contributed by atoms with Gasteiger partial charge in [-0.25, -0.2) is 0 Å². The highest BCUT2D eigenvalue weighted by atomic mass is 35.5. The SMILES string of the molecule is CCc1ccc(CNc2c(Cl)cc(N)cc2C(N)=O)cc1. The lowest BCUT2D eigenvalue weighted by Crippen LogP contribution is -2.15. The highest BCUT2D eigenvalue weighted by Crippen LogP contribution is 2.29. The van der Waals surface area contributed by atoms with E-state index in [0.717, 1.165) is 12.0 Å². The third-order valence-corrected chi connectivity index (χ3v) is 3.58. The molecule has 0 saturated heterocycles.